The molecular formula is C12H17Cl2N3O4S. The highest BCUT2D eigenvalue weighted by Crippen LogP contribution is 2.34. The maximum absolute atomic E-state index is 12.7. The number of nitro benzene ring substituents is 1. The van der Waals surface area contributed by atoms with Crippen molar-refractivity contribution in [3.8, 4) is 0 Å². The number of rotatable bonds is 3. The van der Waals surface area contributed by atoms with Gasteiger partial charge in [0.05, 0.1) is 4.92 Å². The van der Waals surface area contributed by atoms with Gasteiger partial charge in [0.25, 0.3) is 5.69 Å². The first-order valence-corrected chi connectivity index (χ1v) is 8.23. The minimum Gasteiger partial charge on any atom is -0.312 e. The van der Waals surface area contributed by atoms with Crippen molar-refractivity contribution < 1.29 is 13.3 Å². The molecule has 0 aromatic heterocycles. The van der Waals surface area contributed by atoms with Crippen molar-refractivity contribution in [2.75, 3.05) is 19.6 Å². The molecule has 1 heterocycles. The Balaban J connectivity index is 0.00000242. The summed E-state index contributed by atoms with van der Waals surface area (Å²) in [7, 11) is -3.85. The van der Waals surface area contributed by atoms with E-state index in [0.717, 1.165) is 0 Å². The second kappa shape index (κ2) is 7.10. The average Bonchev–Trinajstić information content (AvgIpc) is 2.40. The van der Waals surface area contributed by atoms with Crippen molar-refractivity contribution >= 4 is 39.7 Å². The van der Waals surface area contributed by atoms with Gasteiger partial charge >= 0.3 is 0 Å². The quantitative estimate of drug-likeness (QED) is 0.649. The summed E-state index contributed by atoms with van der Waals surface area (Å²) in [4.78, 5) is 10.1. The summed E-state index contributed by atoms with van der Waals surface area (Å²) in [6.45, 7) is 4.63. The molecule has 1 aromatic rings. The standard InChI is InChI=1S/C12H16ClN3O4S.ClH/c1-8-5-10(16(17)18)12(13)11(6-8)21(19,20)15-4-3-14-9(2)7-15;/h5-6,9,14H,3-4,7H2,1-2H3;1H. The van der Waals surface area contributed by atoms with Crippen LogP contribution in [0.1, 0.15) is 12.5 Å². The maximum atomic E-state index is 12.7. The van der Waals surface area contributed by atoms with E-state index in [4.69, 9.17) is 11.6 Å². The van der Waals surface area contributed by atoms with Crippen LogP contribution in [0.5, 0.6) is 0 Å². The van der Waals surface area contributed by atoms with Gasteiger partial charge in [0.1, 0.15) is 9.92 Å². The minimum absolute atomic E-state index is 0. The number of hydrogen-bond acceptors (Lipinski definition) is 5. The fourth-order valence-corrected chi connectivity index (χ4v) is 4.46. The van der Waals surface area contributed by atoms with Crippen LogP contribution in [0, 0.1) is 17.0 Å². The molecule has 1 fully saturated rings. The molecule has 1 aromatic carbocycles. The predicted molar refractivity (Wildman–Crippen MR) is 86.3 cm³/mol. The highest BCUT2D eigenvalue weighted by atomic mass is 35.5. The van der Waals surface area contributed by atoms with Crippen LogP contribution in [-0.4, -0.2) is 43.3 Å². The van der Waals surface area contributed by atoms with Crippen molar-refractivity contribution in [2.45, 2.75) is 24.8 Å². The molecule has 1 aliphatic rings. The summed E-state index contributed by atoms with van der Waals surface area (Å²) in [6.07, 6.45) is 0. The fourth-order valence-electron chi connectivity index (χ4n) is 2.29. The lowest BCUT2D eigenvalue weighted by atomic mass is 10.2. The molecule has 22 heavy (non-hydrogen) atoms. The minimum atomic E-state index is -3.85. The lowest BCUT2D eigenvalue weighted by Crippen LogP contribution is -2.51. The third kappa shape index (κ3) is 3.69. The third-order valence-electron chi connectivity index (χ3n) is 3.31. The molecule has 0 amide bonds. The Hall–Kier alpha value is -0.930. The molecule has 2 rings (SSSR count). The smallest absolute Gasteiger partial charge is 0.289 e. The molecule has 0 saturated carbocycles. The van der Waals surface area contributed by atoms with Crippen LogP contribution < -0.4 is 5.32 Å². The molecule has 7 nitrogen and oxygen atoms in total. The van der Waals surface area contributed by atoms with Gasteiger partial charge in [-0.15, -0.1) is 12.4 Å². The first kappa shape index (κ1) is 19.1. The van der Waals surface area contributed by atoms with Gasteiger partial charge in [-0.05, 0) is 25.5 Å². The van der Waals surface area contributed by atoms with E-state index in [-0.39, 0.29) is 28.4 Å². The van der Waals surface area contributed by atoms with Gasteiger partial charge in [-0.1, -0.05) is 11.6 Å². The van der Waals surface area contributed by atoms with Crippen LogP contribution >= 0.6 is 24.0 Å². The molecule has 10 heteroatoms. The van der Waals surface area contributed by atoms with Gasteiger partial charge in [-0.2, -0.15) is 4.31 Å². The summed E-state index contributed by atoms with van der Waals surface area (Å²) in [5, 5.41) is 13.8. The number of piperazine rings is 1. The zero-order valence-electron chi connectivity index (χ0n) is 12.1. The molecule has 0 spiro atoms. The molecule has 0 radical (unpaired) electrons. The number of nitrogens with one attached hydrogen (secondary N) is 1. The average molecular weight is 370 g/mol. The first-order chi connectivity index (χ1) is 9.73. The number of benzene rings is 1. The Morgan fingerprint density at radius 2 is 2.09 bits per heavy atom. The maximum Gasteiger partial charge on any atom is 0.289 e. The van der Waals surface area contributed by atoms with Gasteiger partial charge in [-0.25, -0.2) is 8.42 Å². The van der Waals surface area contributed by atoms with Gasteiger partial charge in [0.2, 0.25) is 10.0 Å². The summed E-state index contributed by atoms with van der Waals surface area (Å²) < 4.78 is 26.6. The summed E-state index contributed by atoms with van der Waals surface area (Å²) in [5.41, 5.74) is 0.0892. The summed E-state index contributed by atoms with van der Waals surface area (Å²) in [5.74, 6) is 0. The van der Waals surface area contributed by atoms with E-state index >= 15 is 0 Å². The van der Waals surface area contributed by atoms with Gasteiger partial charge < -0.3 is 5.32 Å². The van der Waals surface area contributed by atoms with E-state index in [0.29, 0.717) is 25.2 Å². The van der Waals surface area contributed by atoms with E-state index in [1.807, 2.05) is 6.92 Å². The summed E-state index contributed by atoms with van der Waals surface area (Å²) >= 11 is 5.95. The van der Waals surface area contributed by atoms with Gasteiger partial charge in [0, 0.05) is 31.7 Å². The normalized spacial score (nSPS) is 19.5. The molecule has 1 saturated heterocycles. The Kier molecular flexibility index (Phi) is 6.17. The van der Waals surface area contributed by atoms with Crippen molar-refractivity contribution in [1.82, 2.24) is 9.62 Å². The number of hydrogen-bond donors (Lipinski definition) is 1. The molecule has 0 aliphatic carbocycles. The number of nitro groups is 1. The number of nitrogens with zero attached hydrogens (tertiary/aromatic N) is 2. The van der Waals surface area contributed by atoms with Crippen LogP contribution in [0.3, 0.4) is 0 Å². The molecule has 1 unspecified atom stereocenters. The highest BCUT2D eigenvalue weighted by molar-refractivity contribution is 7.89. The van der Waals surface area contributed by atoms with Crippen LogP contribution in [-0.2, 0) is 10.0 Å². The second-order valence-corrected chi connectivity index (χ2v) is 7.36. The Bertz CT molecular complexity index is 681. The third-order valence-corrected chi connectivity index (χ3v) is 5.71. The fraction of sp³-hybridized carbons (Fsp3) is 0.500. The topological polar surface area (TPSA) is 92.5 Å². The van der Waals surface area contributed by atoms with Crippen LogP contribution in [0.25, 0.3) is 0 Å². The Morgan fingerprint density at radius 1 is 1.45 bits per heavy atom. The predicted octanol–water partition coefficient (Wildman–Crippen LogP) is 1.96. The van der Waals surface area contributed by atoms with E-state index in [2.05, 4.69) is 5.32 Å². The van der Waals surface area contributed by atoms with Gasteiger partial charge in [-0.3, -0.25) is 10.1 Å². The number of sulfonamides is 1. The Morgan fingerprint density at radius 3 is 2.64 bits per heavy atom. The zero-order chi connectivity index (χ0) is 15.8. The monoisotopic (exact) mass is 369 g/mol. The summed E-state index contributed by atoms with van der Waals surface area (Å²) in [6, 6.07) is 2.66. The van der Waals surface area contributed by atoms with Crippen molar-refractivity contribution in [3.63, 3.8) is 0 Å². The van der Waals surface area contributed by atoms with Crippen LogP contribution in [0.15, 0.2) is 17.0 Å². The largest absolute Gasteiger partial charge is 0.312 e. The van der Waals surface area contributed by atoms with E-state index < -0.39 is 20.6 Å². The number of aryl methyl sites for hydroxylation is 1. The van der Waals surface area contributed by atoms with E-state index in [1.54, 1.807) is 6.92 Å². The molecule has 124 valence electrons. The Labute approximate surface area is 140 Å². The van der Waals surface area contributed by atoms with Crippen molar-refractivity contribution in [1.29, 1.82) is 0 Å². The van der Waals surface area contributed by atoms with Crippen molar-refractivity contribution in [3.05, 3.63) is 32.8 Å². The SMILES string of the molecule is Cc1cc([N+](=O)[O-])c(Cl)c(S(=O)(=O)N2CCNC(C)C2)c1.Cl. The van der Waals surface area contributed by atoms with Crippen molar-refractivity contribution in [2.24, 2.45) is 0 Å². The van der Waals surface area contributed by atoms with E-state index in [1.165, 1.54) is 16.4 Å². The first-order valence-electron chi connectivity index (χ1n) is 6.41. The molecule has 1 aliphatic heterocycles. The van der Waals surface area contributed by atoms with Crippen LogP contribution in [0.4, 0.5) is 5.69 Å². The highest BCUT2D eigenvalue weighted by Gasteiger charge is 2.33. The second-order valence-electron chi connectivity index (χ2n) is 5.07. The van der Waals surface area contributed by atoms with E-state index in [9.17, 15) is 18.5 Å². The van der Waals surface area contributed by atoms with Crippen LogP contribution in [0.2, 0.25) is 5.02 Å². The van der Waals surface area contributed by atoms with Gasteiger partial charge in [0.15, 0.2) is 0 Å². The lowest BCUT2D eigenvalue weighted by molar-refractivity contribution is -0.385. The number of halogens is 2. The molecular weight excluding hydrogens is 353 g/mol. The molecule has 1 atom stereocenters. The molecule has 1 N–H and O–H groups in total. The molecule has 0 bridgehead atoms. The zero-order valence-corrected chi connectivity index (χ0v) is 14.5. The lowest BCUT2D eigenvalue weighted by Gasteiger charge is -2.31.